The molecule has 0 aliphatic rings. The third kappa shape index (κ3) is 4.02. The highest BCUT2D eigenvalue weighted by atomic mass is 79.9. The average molecular weight is 354 g/mol. The van der Waals surface area contributed by atoms with Crippen LogP contribution in [0.15, 0.2) is 28.7 Å². The van der Waals surface area contributed by atoms with Crippen molar-refractivity contribution in [3.05, 3.63) is 38.9 Å². The zero-order valence-electron chi connectivity index (χ0n) is 11.0. The summed E-state index contributed by atoms with van der Waals surface area (Å²) >= 11 is 3.19. The molecule has 0 fully saturated rings. The van der Waals surface area contributed by atoms with Crippen molar-refractivity contribution in [3.63, 3.8) is 0 Å². The van der Waals surface area contributed by atoms with Crippen LogP contribution in [-0.4, -0.2) is 21.4 Å². The van der Waals surface area contributed by atoms with Gasteiger partial charge in [0.2, 0.25) is 11.8 Å². The van der Waals surface area contributed by atoms with Crippen LogP contribution >= 0.6 is 15.9 Å². The first-order valence-corrected chi connectivity index (χ1v) is 6.78. The molecule has 110 valence electrons. The molecule has 9 heteroatoms. The molecule has 2 aromatic rings. The van der Waals surface area contributed by atoms with Crippen molar-refractivity contribution >= 4 is 33.4 Å². The molecule has 0 amide bonds. The number of non-ortho nitro benzene ring substituents is 1. The molecule has 0 bridgehead atoms. The van der Waals surface area contributed by atoms with Gasteiger partial charge < -0.3 is 15.8 Å². The van der Waals surface area contributed by atoms with Crippen LogP contribution < -0.4 is 15.8 Å². The van der Waals surface area contributed by atoms with Crippen molar-refractivity contribution in [2.24, 2.45) is 0 Å². The maximum absolute atomic E-state index is 10.8. The van der Waals surface area contributed by atoms with Crippen molar-refractivity contribution in [1.82, 2.24) is 9.97 Å². The molecule has 0 saturated carbocycles. The lowest BCUT2D eigenvalue weighted by atomic mass is 10.3. The van der Waals surface area contributed by atoms with Crippen molar-refractivity contribution in [1.29, 1.82) is 0 Å². The minimum atomic E-state index is -0.504. The van der Waals surface area contributed by atoms with Crippen molar-refractivity contribution in [2.75, 3.05) is 17.6 Å². The molecule has 0 unspecified atom stereocenters. The fraction of sp³-hybridized carbons (Fsp3) is 0.167. The first kappa shape index (κ1) is 15.0. The summed E-state index contributed by atoms with van der Waals surface area (Å²) in [5, 5.41) is 13.8. The van der Waals surface area contributed by atoms with Gasteiger partial charge in [0.25, 0.3) is 5.69 Å². The average Bonchev–Trinajstić information content (AvgIpc) is 2.37. The van der Waals surface area contributed by atoms with Gasteiger partial charge in [-0.05, 0) is 13.0 Å². The smallest absolute Gasteiger partial charge is 0.274 e. The Balaban J connectivity index is 2.31. The Morgan fingerprint density at radius 3 is 2.81 bits per heavy atom. The second-order valence-corrected chi connectivity index (χ2v) is 4.90. The topological polar surface area (TPSA) is 116 Å². The van der Waals surface area contributed by atoms with Gasteiger partial charge in [-0.2, -0.15) is 9.97 Å². The number of rotatable bonds is 5. The van der Waals surface area contributed by atoms with E-state index in [2.05, 4.69) is 31.2 Å². The molecule has 21 heavy (non-hydrogen) atoms. The number of nitro groups is 1. The molecule has 0 aliphatic heterocycles. The van der Waals surface area contributed by atoms with Gasteiger partial charge in [-0.15, -0.1) is 0 Å². The zero-order chi connectivity index (χ0) is 15.4. The number of benzene rings is 1. The minimum absolute atomic E-state index is 0.0490. The van der Waals surface area contributed by atoms with E-state index in [1.165, 1.54) is 12.1 Å². The van der Waals surface area contributed by atoms with Crippen molar-refractivity contribution in [2.45, 2.75) is 6.92 Å². The molecule has 0 atom stereocenters. The number of ether oxygens (including phenoxy) is 1. The maximum Gasteiger partial charge on any atom is 0.274 e. The van der Waals surface area contributed by atoms with E-state index in [1.54, 1.807) is 12.1 Å². The summed E-state index contributed by atoms with van der Waals surface area (Å²) < 4.78 is 6.04. The van der Waals surface area contributed by atoms with E-state index in [4.69, 9.17) is 10.5 Å². The van der Waals surface area contributed by atoms with Crippen molar-refractivity contribution in [3.8, 4) is 11.6 Å². The molecule has 0 spiro atoms. The second kappa shape index (κ2) is 6.35. The number of anilines is 2. The van der Waals surface area contributed by atoms with Crippen LogP contribution in [0, 0.1) is 10.1 Å². The normalized spacial score (nSPS) is 10.2. The number of nitro benzene ring substituents is 1. The van der Waals surface area contributed by atoms with Crippen LogP contribution in [0.5, 0.6) is 11.6 Å². The lowest BCUT2D eigenvalue weighted by Crippen LogP contribution is -2.04. The Labute approximate surface area is 128 Å². The van der Waals surface area contributed by atoms with E-state index >= 15 is 0 Å². The Morgan fingerprint density at radius 2 is 2.14 bits per heavy atom. The highest BCUT2D eigenvalue weighted by Crippen LogP contribution is 2.29. The number of nitrogens with zero attached hydrogens (tertiary/aromatic N) is 3. The summed E-state index contributed by atoms with van der Waals surface area (Å²) in [6.07, 6.45) is 0. The lowest BCUT2D eigenvalue weighted by Gasteiger charge is -2.08. The molecule has 1 heterocycles. The number of nitrogens with one attached hydrogen (secondary N) is 1. The minimum Gasteiger partial charge on any atom is -0.438 e. The molecule has 8 nitrogen and oxygen atoms in total. The third-order valence-corrected chi connectivity index (χ3v) is 2.82. The van der Waals surface area contributed by atoms with Gasteiger partial charge in [-0.1, -0.05) is 15.9 Å². The second-order valence-electron chi connectivity index (χ2n) is 3.98. The molecule has 0 aliphatic carbocycles. The van der Waals surface area contributed by atoms with Gasteiger partial charge in [0.15, 0.2) is 0 Å². The quantitative estimate of drug-likeness (QED) is 0.626. The van der Waals surface area contributed by atoms with E-state index < -0.39 is 4.92 Å². The third-order valence-electron chi connectivity index (χ3n) is 2.37. The highest BCUT2D eigenvalue weighted by molar-refractivity contribution is 9.10. The summed E-state index contributed by atoms with van der Waals surface area (Å²) in [5.41, 5.74) is 5.50. The molecule has 2 rings (SSSR count). The van der Waals surface area contributed by atoms with E-state index in [0.717, 1.165) is 0 Å². The number of nitrogen functional groups attached to an aromatic ring is 1. The van der Waals surface area contributed by atoms with Gasteiger partial charge in [0.05, 0.1) is 11.0 Å². The standard InChI is InChI=1S/C12H12BrN5O3/c1-2-15-10-6-11(17-12(14)16-10)21-9-4-7(13)3-8(5-9)18(19)20/h3-6H,2H2,1H3,(H3,14,15,16,17). The lowest BCUT2D eigenvalue weighted by molar-refractivity contribution is -0.385. The van der Waals surface area contributed by atoms with E-state index in [-0.39, 0.29) is 23.3 Å². The fourth-order valence-electron chi connectivity index (χ4n) is 1.60. The molecule has 1 aromatic heterocycles. The molecule has 0 radical (unpaired) electrons. The van der Waals surface area contributed by atoms with Gasteiger partial charge >= 0.3 is 0 Å². The monoisotopic (exact) mass is 353 g/mol. The van der Waals surface area contributed by atoms with Gasteiger partial charge in [0, 0.05) is 23.2 Å². The van der Waals surface area contributed by atoms with Crippen LogP contribution in [0.2, 0.25) is 0 Å². The predicted molar refractivity (Wildman–Crippen MR) is 81.5 cm³/mol. The number of hydrogen-bond acceptors (Lipinski definition) is 7. The first-order valence-electron chi connectivity index (χ1n) is 5.99. The summed E-state index contributed by atoms with van der Waals surface area (Å²) in [7, 11) is 0. The summed E-state index contributed by atoms with van der Waals surface area (Å²) in [4.78, 5) is 18.2. The van der Waals surface area contributed by atoms with E-state index in [9.17, 15) is 10.1 Å². The van der Waals surface area contributed by atoms with E-state index in [0.29, 0.717) is 16.8 Å². The zero-order valence-corrected chi connectivity index (χ0v) is 12.6. The fourth-order valence-corrected chi connectivity index (χ4v) is 2.06. The van der Waals surface area contributed by atoms with Crippen LogP contribution in [0.3, 0.4) is 0 Å². The number of nitrogens with two attached hydrogens (primary N) is 1. The summed E-state index contributed by atoms with van der Waals surface area (Å²) in [5.74, 6) is 1.04. The van der Waals surface area contributed by atoms with Gasteiger partial charge in [-0.25, -0.2) is 0 Å². The molecule has 1 aromatic carbocycles. The summed E-state index contributed by atoms with van der Waals surface area (Å²) in [6, 6.07) is 5.84. The molecule has 0 saturated heterocycles. The Hall–Kier alpha value is -2.42. The Kier molecular flexibility index (Phi) is 4.53. The maximum atomic E-state index is 10.8. The Morgan fingerprint density at radius 1 is 1.38 bits per heavy atom. The molecular weight excluding hydrogens is 342 g/mol. The number of aromatic nitrogens is 2. The largest absolute Gasteiger partial charge is 0.438 e. The van der Waals surface area contributed by atoms with Crippen LogP contribution in [-0.2, 0) is 0 Å². The van der Waals surface area contributed by atoms with Gasteiger partial charge in [0.1, 0.15) is 11.6 Å². The highest BCUT2D eigenvalue weighted by Gasteiger charge is 2.11. The molecular formula is C12H12BrN5O3. The number of hydrogen-bond donors (Lipinski definition) is 2. The number of halogens is 1. The summed E-state index contributed by atoms with van der Waals surface area (Å²) in [6.45, 7) is 2.58. The first-order chi connectivity index (χ1) is 9.97. The molecule has 3 N–H and O–H groups in total. The predicted octanol–water partition coefficient (Wildman–Crippen LogP) is 2.95. The van der Waals surface area contributed by atoms with Crippen molar-refractivity contribution < 1.29 is 9.66 Å². The Bertz CT molecular complexity index is 680. The SMILES string of the molecule is CCNc1cc(Oc2cc(Br)cc([N+](=O)[O-])c2)nc(N)n1. The van der Waals surface area contributed by atoms with Crippen LogP contribution in [0.25, 0.3) is 0 Å². The van der Waals surface area contributed by atoms with Gasteiger partial charge in [-0.3, -0.25) is 10.1 Å². The van der Waals surface area contributed by atoms with E-state index in [1.807, 2.05) is 6.92 Å². The van der Waals surface area contributed by atoms with Crippen LogP contribution in [0.4, 0.5) is 17.5 Å². The van der Waals surface area contributed by atoms with Crippen LogP contribution in [0.1, 0.15) is 6.92 Å².